The first-order chi connectivity index (χ1) is 15.3. The third-order valence-electron chi connectivity index (χ3n) is 6.28. The van der Waals surface area contributed by atoms with Gasteiger partial charge in [-0.1, -0.05) is 78.5 Å². The number of nitriles is 1. The molecule has 0 saturated carbocycles. The second kappa shape index (κ2) is 7.37. The second-order valence-corrected chi connectivity index (χ2v) is 9.27. The van der Waals surface area contributed by atoms with Gasteiger partial charge in [-0.25, -0.2) is 0 Å². The SMILES string of the molecule is N#CC1=CC2CC(Sc3c2c2ccccc2n3-c2ccccc2)N1Cc1ccccc1. The van der Waals surface area contributed by atoms with Crippen molar-refractivity contribution < 1.29 is 0 Å². The number of nitrogens with zero attached hydrogens (tertiary/aromatic N) is 3. The summed E-state index contributed by atoms with van der Waals surface area (Å²) in [5, 5.41) is 12.8. The van der Waals surface area contributed by atoms with Crippen LogP contribution in [-0.4, -0.2) is 14.8 Å². The van der Waals surface area contributed by atoms with E-state index in [9.17, 15) is 5.26 Å². The van der Waals surface area contributed by atoms with E-state index in [-0.39, 0.29) is 11.3 Å². The molecule has 4 aromatic rings. The molecule has 150 valence electrons. The molecule has 0 aliphatic carbocycles. The Morgan fingerprint density at radius 2 is 1.61 bits per heavy atom. The molecule has 0 amide bonds. The zero-order valence-electron chi connectivity index (χ0n) is 17.0. The first kappa shape index (κ1) is 18.4. The quantitative estimate of drug-likeness (QED) is 0.382. The minimum absolute atomic E-state index is 0.240. The molecular weight excluding hydrogens is 398 g/mol. The summed E-state index contributed by atoms with van der Waals surface area (Å²) in [6.45, 7) is 0.755. The standard InChI is InChI=1S/C27H21N3S/c28-17-22-15-20-16-25(29(22)18-19-9-3-1-4-10-19)31-27-26(20)23-13-7-8-14-24(23)30(27)21-11-5-2-6-12-21/h1-15,20,25H,16,18H2. The molecular formula is C27H21N3S. The fourth-order valence-corrected chi connectivity index (χ4v) is 6.49. The van der Waals surface area contributed by atoms with Gasteiger partial charge >= 0.3 is 0 Å². The van der Waals surface area contributed by atoms with Gasteiger partial charge in [0.25, 0.3) is 0 Å². The van der Waals surface area contributed by atoms with E-state index < -0.39 is 0 Å². The maximum atomic E-state index is 9.96. The average molecular weight is 420 g/mol. The first-order valence-electron chi connectivity index (χ1n) is 10.6. The number of hydrogen-bond donors (Lipinski definition) is 0. The maximum Gasteiger partial charge on any atom is 0.117 e. The summed E-state index contributed by atoms with van der Waals surface area (Å²) in [5.74, 6) is 0.262. The van der Waals surface area contributed by atoms with Crippen LogP contribution in [0.2, 0.25) is 0 Å². The van der Waals surface area contributed by atoms with Crippen molar-refractivity contribution in [1.29, 1.82) is 5.26 Å². The molecule has 2 aliphatic rings. The highest BCUT2D eigenvalue weighted by molar-refractivity contribution is 8.00. The number of aromatic nitrogens is 1. The fourth-order valence-electron chi connectivity index (χ4n) is 4.91. The lowest BCUT2D eigenvalue weighted by molar-refractivity contribution is 0.286. The van der Waals surface area contributed by atoms with E-state index in [1.54, 1.807) is 0 Å². The Hall–Kier alpha value is -3.42. The van der Waals surface area contributed by atoms with Gasteiger partial charge in [0.2, 0.25) is 0 Å². The predicted octanol–water partition coefficient (Wildman–Crippen LogP) is 6.46. The van der Waals surface area contributed by atoms with Crippen molar-refractivity contribution in [2.75, 3.05) is 0 Å². The number of hydrogen-bond acceptors (Lipinski definition) is 3. The molecule has 2 bridgehead atoms. The summed E-state index contributed by atoms with van der Waals surface area (Å²) in [6, 6.07) is 32.2. The number of benzene rings is 3. The van der Waals surface area contributed by atoms with E-state index in [2.05, 4.69) is 100 Å². The van der Waals surface area contributed by atoms with Crippen molar-refractivity contribution in [2.45, 2.75) is 29.3 Å². The van der Waals surface area contributed by atoms with Crippen LogP contribution < -0.4 is 0 Å². The Bertz CT molecular complexity index is 1330. The van der Waals surface area contributed by atoms with Gasteiger partial charge in [-0.15, -0.1) is 0 Å². The van der Waals surface area contributed by atoms with Crippen molar-refractivity contribution in [3.8, 4) is 11.8 Å². The number of fused-ring (bicyclic) bond motifs is 6. The van der Waals surface area contributed by atoms with Crippen LogP contribution in [0.1, 0.15) is 23.5 Å². The Morgan fingerprint density at radius 1 is 0.903 bits per heavy atom. The Labute approximate surface area is 186 Å². The lowest BCUT2D eigenvalue weighted by atomic mass is 9.90. The molecule has 3 heterocycles. The molecule has 31 heavy (non-hydrogen) atoms. The smallest absolute Gasteiger partial charge is 0.117 e. The molecule has 0 saturated heterocycles. The summed E-state index contributed by atoms with van der Waals surface area (Å²) in [4.78, 5) is 2.28. The van der Waals surface area contributed by atoms with Gasteiger partial charge < -0.3 is 9.47 Å². The Kier molecular flexibility index (Phi) is 4.36. The molecule has 6 rings (SSSR count). The van der Waals surface area contributed by atoms with E-state index in [1.807, 2.05) is 17.8 Å². The monoisotopic (exact) mass is 419 g/mol. The van der Waals surface area contributed by atoms with Gasteiger partial charge in [-0.05, 0) is 41.8 Å². The fraction of sp³-hybridized carbons (Fsp3) is 0.148. The Balaban J connectivity index is 1.52. The van der Waals surface area contributed by atoms with Crippen LogP contribution in [0.15, 0.2) is 102 Å². The van der Waals surface area contributed by atoms with Gasteiger partial charge in [-0.3, -0.25) is 0 Å². The normalized spacial score (nSPS) is 19.6. The minimum Gasteiger partial charge on any atom is -0.347 e. The molecule has 3 nitrogen and oxygen atoms in total. The molecule has 0 spiro atoms. The lowest BCUT2D eigenvalue weighted by Gasteiger charge is -2.41. The summed E-state index contributed by atoms with van der Waals surface area (Å²) in [7, 11) is 0. The van der Waals surface area contributed by atoms with Crippen molar-refractivity contribution in [3.63, 3.8) is 0 Å². The van der Waals surface area contributed by atoms with Crippen LogP contribution in [-0.2, 0) is 6.54 Å². The molecule has 0 radical (unpaired) electrons. The zero-order valence-corrected chi connectivity index (χ0v) is 17.8. The summed E-state index contributed by atoms with van der Waals surface area (Å²) >= 11 is 1.90. The highest BCUT2D eigenvalue weighted by atomic mass is 32.2. The molecule has 4 heteroatoms. The maximum absolute atomic E-state index is 9.96. The zero-order chi connectivity index (χ0) is 20.8. The van der Waals surface area contributed by atoms with Crippen molar-refractivity contribution >= 4 is 22.7 Å². The third kappa shape index (κ3) is 2.97. The number of para-hydroxylation sites is 2. The van der Waals surface area contributed by atoms with Crippen LogP contribution in [0, 0.1) is 11.3 Å². The average Bonchev–Trinajstić information content (AvgIpc) is 3.16. The second-order valence-electron chi connectivity index (χ2n) is 8.10. The van der Waals surface area contributed by atoms with E-state index in [4.69, 9.17) is 0 Å². The van der Waals surface area contributed by atoms with Crippen LogP contribution in [0.5, 0.6) is 0 Å². The third-order valence-corrected chi connectivity index (χ3v) is 7.63. The van der Waals surface area contributed by atoms with Crippen molar-refractivity contribution in [1.82, 2.24) is 9.47 Å². The van der Waals surface area contributed by atoms with Gasteiger partial charge in [0, 0.05) is 23.5 Å². The molecule has 2 aliphatic heterocycles. The van der Waals surface area contributed by atoms with E-state index >= 15 is 0 Å². The minimum atomic E-state index is 0.240. The van der Waals surface area contributed by atoms with E-state index in [0.29, 0.717) is 0 Å². The van der Waals surface area contributed by atoms with E-state index in [0.717, 1.165) is 18.7 Å². The van der Waals surface area contributed by atoms with Gasteiger partial charge in [-0.2, -0.15) is 5.26 Å². The van der Waals surface area contributed by atoms with Gasteiger partial charge in [0.05, 0.1) is 15.9 Å². The number of thioether (sulfide) groups is 1. The summed E-state index contributed by atoms with van der Waals surface area (Å²) < 4.78 is 2.40. The Morgan fingerprint density at radius 3 is 2.39 bits per heavy atom. The molecule has 3 aromatic carbocycles. The molecule has 0 fully saturated rings. The van der Waals surface area contributed by atoms with E-state index in [1.165, 1.54) is 32.7 Å². The van der Waals surface area contributed by atoms with Gasteiger partial charge in [0.15, 0.2) is 0 Å². The molecule has 1 aromatic heterocycles. The van der Waals surface area contributed by atoms with Crippen LogP contribution in [0.3, 0.4) is 0 Å². The highest BCUT2D eigenvalue weighted by Gasteiger charge is 2.39. The van der Waals surface area contributed by atoms with Crippen LogP contribution in [0.4, 0.5) is 0 Å². The highest BCUT2D eigenvalue weighted by Crippen LogP contribution is 2.52. The molecule has 2 unspecified atom stereocenters. The number of allylic oxidation sites excluding steroid dienone is 2. The summed E-state index contributed by atoms with van der Waals surface area (Å²) in [6.07, 6.45) is 3.22. The van der Waals surface area contributed by atoms with Crippen LogP contribution >= 0.6 is 11.8 Å². The van der Waals surface area contributed by atoms with Crippen molar-refractivity contribution in [2.24, 2.45) is 0 Å². The largest absolute Gasteiger partial charge is 0.347 e. The molecule has 0 N–H and O–H groups in total. The van der Waals surface area contributed by atoms with Crippen molar-refractivity contribution in [3.05, 3.63) is 108 Å². The predicted molar refractivity (Wildman–Crippen MR) is 126 cm³/mol. The van der Waals surface area contributed by atoms with Crippen LogP contribution in [0.25, 0.3) is 16.6 Å². The lowest BCUT2D eigenvalue weighted by Crippen LogP contribution is -2.38. The molecule has 2 atom stereocenters. The topological polar surface area (TPSA) is 32.0 Å². The van der Waals surface area contributed by atoms with Gasteiger partial charge in [0.1, 0.15) is 11.8 Å². The number of rotatable bonds is 3. The summed E-state index contributed by atoms with van der Waals surface area (Å²) in [5.41, 5.74) is 5.82. The first-order valence-corrected chi connectivity index (χ1v) is 11.5.